The van der Waals surface area contributed by atoms with E-state index in [1.165, 1.54) is 289 Å². The molecule has 410 valence electrons. The van der Waals surface area contributed by atoms with E-state index in [-0.39, 0.29) is 18.5 Å². The fourth-order valence-electron chi connectivity index (χ4n) is 9.99. The quantitative estimate of drug-likeness (QED) is 0.0321. The third-order valence-electron chi connectivity index (χ3n) is 14.8. The van der Waals surface area contributed by atoms with E-state index in [4.69, 9.17) is 4.74 Å². The van der Waals surface area contributed by atoms with Gasteiger partial charge >= 0.3 is 5.97 Å². The van der Waals surface area contributed by atoms with Crippen molar-refractivity contribution in [3.05, 3.63) is 12.2 Å². The van der Waals surface area contributed by atoms with E-state index in [1.807, 2.05) is 6.08 Å². The minimum absolute atomic E-state index is 0.00708. The molecule has 0 aliphatic carbocycles. The lowest BCUT2D eigenvalue weighted by molar-refractivity contribution is -0.143. The Bertz CT molecular complexity index is 1030. The highest BCUT2D eigenvalue weighted by Gasteiger charge is 2.18. The van der Waals surface area contributed by atoms with Crippen LogP contribution in [0.15, 0.2) is 12.2 Å². The highest BCUT2D eigenvalue weighted by atomic mass is 16.5. The van der Waals surface area contributed by atoms with Gasteiger partial charge in [0.05, 0.1) is 25.4 Å². The average molecular weight is 975 g/mol. The summed E-state index contributed by atoms with van der Waals surface area (Å²) in [5.74, 6) is -0.0607. The molecule has 0 saturated heterocycles. The molecule has 0 bridgehead atoms. The molecule has 2 atom stereocenters. The highest BCUT2D eigenvalue weighted by Crippen LogP contribution is 2.18. The van der Waals surface area contributed by atoms with Crippen molar-refractivity contribution in [1.29, 1.82) is 0 Å². The number of ether oxygens (including phenoxy) is 1. The second-order valence-corrected chi connectivity index (χ2v) is 21.8. The summed E-state index contributed by atoms with van der Waals surface area (Å²) in [5, 5.41) is 23.2. The molecule has 0 heterocycles. The molecule has 0 rings (SSSR count). The van der Waals surface area contributed by atoms with Gasteiger partial charge in [0.2, 0.25) is 5.91 Å². The molecule has 0 radical (unpaired) electrons. The molecule has 0 aromatic rings. The van der Waals surface area contributed by atoms with E-state index in [2.05, 4.69) is 19.2 Å². The third kappa shape index (κ3) is 55.8. The lowest BCUT2D eigenvalue weighted by Crippen LogP contribution is -2.45. The van der Waals surface area contributed by atoms with Gasteiger partial charge < -0.3 is 20.3 Å². The first-order valence-corrected chi connectivity index (χ1v) is 31.5. The lowest BCUT2D eigenvalue weighted by atomic mass is 10.0. The second-order valence-electron chi connectivity index (χ2n) is 21.8. The van der Waals surface area contributed by atoms with Crippen LogP contribution in [-0.2, 0) is 14.3 Å². The number of nitrogens with one attached hydrogen (secondary N) is 1. The van der Waals surface area contributed by atoms with Crippen LogP contribution in [0.4, 0.5) is 0 Å². The summed E-state index contributed by atoms with van der Waals surface area (Å²) in [6.07, 6.45) is 71.1. The van der Waals surface area contributed by atoms with Crippen molar-refractivity contribution in [1.82, 2.24) is 5.32 Å². The first-order valence-electron chi connectivity index (χ1n) is 31.5. The number of carbonyl (C=O) groups is 2. The summed E-state index contributed by atoms with van der Waals surface area (Å²) in [5.41, 5.74) is 0. The Morgan fingerprint density at radius 3 is 0.986 bits per heavy atom. The van der Waals surface area contributed by atoms with Gasteiger partial charge in [0.1, 0.15) is 0 Å². The Balaban J connectivity index is 3.44. The highest BCUT2D eigenvalue weighted by molar-refractivity contribution is 5.76. The van der Waals surface area contributed by atoms with E-state index in [1.54, 1.807) is 6.08 Å². The van der Waals surface area contributed by atoms with Crippen LogP contribution >= 0.6 is 0 Å². The minimum atomic E-state index is -0.847. The second kappa shape index (κ2) is 59.2. The number of hydrogen-bond donors (Lipinski definition) is 3. The largest absolute Gasteiger partial charge is 0.466 e. The number of amides is 1. The van der Waals surface area contributed by atoms with Gasteiger partial charge in [0.15, 0.2) is 0 Å². The predicted molar refractivity (Wildman–Crippen MR) is 301 cm³/mol. The molecule has 0 saturated carbocycles. The Kier molecular flexibility index (Phi) is 58.0. The normalized spacial score (nSPS) is 12.6. The first-order chi connectivity index (χ1) is 34.0. The molecule has 6 nitrogen and oxygen atoms in total. The van der Waals surface area contributed by atoms with Gasteiger partial charge in [-0.2, -0.15) is 0 Å². The van der Waals surface area contributed by atoms with E-state index in [0.717, 1.165) is 38.5 Å². The average Bonchev–Trinajstić information content (AvgIpc) is 3.35. The van der Waals surface area contributed by atoms with Gasteiger partial charge in [0.25, 0.3) is 0 Å². The predicted octanol–water partition coefficient (Wildman–Crippen LogP) is 19.6. The molecule has 0 fully saturated rings. The number of aliphatic hydroxyl groups excluding tert-OH is 2. The van der Waals surface area contributed by atoms with Crippen LogP contribution in [0, 0.1) is 0 Å². The molecule has 1 amide bonds. The molecule has 2 unspecified atom stereocenters. The fourth-order valence-corrected chi connectivity index (χ4v) is 9.99. The van der Waals surface area contributed by atoms with Crippen molar-refractivity contribution in [2.75, 3.05) is 13.2 Å². The van der Waals surface area contributed by atoms with Crippen LogP contribution < -0.4 is 5.32 Å². The molecule has 0 spiro atoms. The van der Waals surface area contributed by atoms with E-state index >= 15 is 0 Å². The van der Waals surface area contributed by atoms with Gasteiger partial charge in [-0.15, -0.1) is 0 Å². The molecule has 0 aliphatic heterocycles. The number of rotatable bonds is 59. The molecule has 6 heteroatoms. The van der Waals surface area contributed by atoms with Crippen LogP contribution in [-0.4, -0.2) is 47.4 Å². The Hall–Kier alpha value is -1.40. The van der Waals surface area contributed by atoms with E-state index < -0.39 is 12.1 Å². The number of allylic oxidation sites excluding steroid dienone is 1. The summed E-state index contributed by atoms with van der Waals surface area (Å²) < 4.78 is 5.46. The van der Waals surface area contributed by atoms with Crippen molar-refractivity contribution in [3.63, 3.8) is 0 Å². The van der Waals surface area contributed by atoms with Gasteiger partial charge in [-0.3, -0.25) is 9.59 Å². The van der Waals surface area contributed by atoms with Crippen molar-refractivity contribution < 1.29 is 24.5 Å². The Labute approximate surface area is 431 Å². The Morgan fingerprint density at radius 2 is 0.667 bits per heavy atom. The van der Waals surface area contributed by atoms with E-state index in [9.17, 15) is 19.8 Å². The lowest BCUT2D eigenvalue weighted by Gasteiger charge is -2.20. The summed E-state index contributed by atoms with van der Waals surface area (Å²) in [6, 6.07) is -0.631. The monoisotopic (exact) mass is 974 g/mol. The topological polar surface area (TPSA) is 95.9 Å². The zero-order valence-corrected chi connectivity index (χ0v) is 46.8. The van der Waals surface area contributed by atoms with Gasteiger partial charge in [-0.05, 0) is 32.1 Å². The van der Waals surface area contributed by atoms with Gasteiger partial charge in [-0.25, -0.2) is 0 Å². The zero-order valence-electron chi connectivity index (χ0n) is 46.8. The van der Waals surface area contributed by atoms with Crippen molar-refractivity contribution in [3.8, 4) is 0 Å². The summed E-state index contributed by atoms with van der Waals surface area (Å²) in [7, 11) is 0. The van der Waals surface area contributed by atoms with Crippen LogP contribution in [0.25, 0.3) is 0 Å². The summed E-state index contributed by atoms with van der Waals surface area (Å²) in [4.78, 5) is 24.5. The standard InChI is InChI=1S/C63H123NO5/c1-3-5-7-9-11-13-15-16-17-18-19-20-21-22-23-26-29-32-36-39-43-47-51-55-61(66)60(59-65)64-62(67)56-52-48-44-40-37-33-30-27-24-25-28-31-34-38-42-46-50-54-58-69-63(68)57-53-49-45-41-35-14-12-10-8-6-4-2/h51,55,60-61,65-66H,3-50,52-54,56-59H2,1-2H3,(H,64,67)/b55-51+. The number of aliphatic hydroxyl groups is 2. The molecule has 0 aromatic carbocycles. The molecule has 0 aromatic heterocycles. The zero-order chi connectivity index (χ0) is 50.0. The van der Waals surface area contributed by atoms with Crippen LogP contribution in [0.3, 0.4) is 0 Å². The van der Waals surface area contributed by atoms with Crippen molar-refractivity contribution >= 4 is 11.9 Å². The number of carbonyl (C=O) groups excluding carboxylic acids is 2. The van der Waals surface area contributed by atoms with Crippen LogP contribution in [0.2, 0.25) is 0 Å². The van der Waals surface area contributed by atoms with Crippen molar-refractivity contribution in [2.45, 2.75) is 366 Å². The summed E-state index contributed by atoms with van der Waals surface area (Å²) >= 11 is 0. The minimum Gasteiger partial charge on any atom is -0.466 e. The summed E-state index contributed by atoms with van der Waals surface area (Å²) in [6.45, 7) is 4.92. The van der Waals surface area contributed by atoms with Crippen LogP contribution in [0.5, 0.6) is 0 Å². The molecular weight excluding hydrogens is 851 g/mol. The van der Waals surface area contributed by atoms with Crippen molar-refractivity contribution in [2.24, 2.45) is 0 Å². The maximum absolute atomic E-state index is 12.5. The van der Waals surface area contributed by atoms with Gasteiger partial charge in [-0.1, -0.05) is 321 Å². The third-order valence-corrected chi connectivity index (χ3v) is 14.8. The van der Waals surface area contributed by atoms with Crippen LogP contribution in [0.1, 0.15) is 354 Å². The first kappa shape index (κ1) is 67.6. The number of hydrogen-bond acceptors (Lipinski definition) is 5. The molecule has 0 aliphatic rings. The molecule has 69 heavy (non-hydrogen) atoms. The number of unbranched alkanes of at least 4 members (excludes halogenated alkanes) is 48. The van der Waals surface area contributed by atoms with E-state index in [0.29, 0.717) is 19.4 Å². The SMILES string of the molecule is CCCCCCCCCCCCCCCCCCCCCCC/C=C/C(O)C(CO)NC(=O)CCCCCCCCCCCCCCCCCCCCOC(=O)CCCCCCCCCCCCC. The maximum atomic E-state index is 12.5. The maximum Gasteiger partial charge on any atom is 0.305 e. The van der Waals surface area contributed by atoms with Gasteiger partial charge in [0, 0.05) is 12.8 Å². The molecule has 3 N–H and O–H groups in total. The number of esters is 1. The Morgan fingerprint density at radius 1 is 0.391 bits per heavy atom. The smallest absolute Gasteiger partial charge is 0.305 e. The fraction of sp³-hybridized carbons (Fsp3) is 0.937. The molecular formula is C63H123NO5.